The number of anilines is 1. The van der Waals surface area contributed by atoms with Gasteiger partial charge in [0.1, 0.15) is 11.3 Å². The summed E-state index contributed by atoms with van der Waals surface area (Å²) in [6.45, 7) is 3.82. The highest BCUT2D eigenvalue weighted by Gasteiger charge is 2.23. The molecule has 2 aromatic heterocycles. The maximum atomic E-state index is 13.7. The van der Waals surface area contributed by atoms with E-state index in [1.807, 2.05) is 12.1 Å². The molecule has 0 aliphatic carbocycles. The van der Waals surface area contributed by atoms with Gasteiger partial charge in [0.2, 0.25) is 5.95 Å². The van der Waals surface area contributed by atoms with E-state index in [1.165, 1.54) is 6.07 Å². The normalized spacial score (nSPS) is 15.7. The minimum Gasteiger partial charge on any atom is -0.350 e. The highest BCUT2D eigenvalue weighted by atomic mass is 35.5. The molecular formula is C29H33Cl2F2N7. The summed E-state index contributed by atoms with van der Waals surface area (Å²) in [6, 6.07) is 7.75. The lowest BCUT2D eigenvalue weighted by molar-refractivity contribution is 0.341. The first-order valence-electron chi connectivity index (χ1n) is 13.5. The van der Waals surface area contributed by atoms with E-state index in [9.17, 15) is 8.78 Å². The largest absolute Gasteiger partial charge is 0.350 e. The van der Waals surface area contributed by atoms with Crippen LogP contribution in [-0.4, -0.2) is 58.1 Å². The number of aromatic nitrogens is 4. The molecule has 1 fully saturated rings. The number of benzene rings is 2. The van der Waals surface area contributed by atoms with Crippen LogP contribution in [0, 0.1) is 17.6 Å². The zero-order chi connectivity index (χ0) is 28.2. The van der Waals surface area contributed by atoms with Crippen LogP contribution in [-0.2, 0) is 19.5 Å². The molecule has 0 saturated carbocycles. The number of nitrogens with one attached hydrogen (secondary N) is 2. The summed E-state index contributed by atoms with van der Waals surface area (Å²) in [4.78, 5) is 16.2. The Morgan fingerprint density at radius 3 is 2.58 bits per heavy atom. The van der Waals surface area contributed by atoms with Crippen LogP contribution in [0.5, 0.6) is 0 Å². The van der Waals surface area contributed by atoms with Crippen molar-refractivity contribution in [2.24, 2.45) is 5.92 Å². The molecule has 2 N–H and O–H groups in total. The number of hydrogen-bond donors (Lipinski definition) is 2. The maximum absolute atomic E-state index is 13.7. The Morgan fingerprint density at radius 1 is 1.07 bits per heavy atom. The Balaban J connectivity index is 1.49. The number of halogens is 4. The molecule has 7 nitrogen and oxygen atoms in total. The molecule has 0 spiro atoms. The van der Waals surface area contributed by atoms with Crippen molar-refractivity contribution in [3.63, 3.8) is 0 Å². The highest BCUT2D eigenvalue weighted by Crippen LogP contribution is 2.38. The molecule has 40 heavy (non-hydrogen) atoms. The van der Waals surface area contributed by atoms with Crippen molar-refractivity contribution in [2.45, 2.75) is 38.8 Å². The van der Waals surface area contributed by atoms with Gasteiger partial charge in [0, 0.05) is 13.1 Å². The number of fused-ring (bicyclic) bond motifs is 1. The lowest BCUT2D eigenvalue weighted by Crippen LogP contribution is -2.32. The van der Waals surface area contributed by atoms with Crippen LogP contribution in [0.3, 0.4) is 0 Å². The monoisotopic (exact) mass is 587 g/mol. The fourth-order valence-corrected chi connectivity index (χ4v) is 5.82. The Bertz CT molecular complexity index is 1460. The Labute approximate surface area is 242 Å². The third kappa shape index (κ3) is 6.71. The van der Waals surface area contributed by atoms with Crippen molar-refractivity contribution in [2.75, 3.05) is 39.0 Å². The molecule has 4 aromatic rings. The Morgan fingerprint density at radius 2 is 1.88 bits per heavy atom. The van der Waals surface area contributed by atoms with Crippen LogP contribution in [0.4, 0.5) is 14.7 Å². The lowest BCUT2D eigenvalue weighted by atomic mass is 9.99. The van der Waals surface area contributed by atoms with Crippen molar-refractivity contribution < 1.29 is 8.78 Å². The van der Waals surface area contributed by atoms with Gasteiger partial charge in [0.15, 0.2) is 17.3 Å². The van der Waals surface area contributed by atoms with Crippen LogP contribution in [0.25, 0.3) is 22.6 Å². The summed E-state index contributed by atoms with van der Waals surface area (Å²) >= 11 is 13.7. The van der Waals surface area contributed by atoms with Gasteiger partial charge in [0.25, 0.3) is 0 Å². The Hall–Kier alpha value is -2.85. The summed E-state index contributed by atoms with van der Waals surface area (Å²) in [7, 11) is 4.11. The first kappa shape index (κ1) is 28.7. The van der Waals surface area contributed by atoms with Crippen LogP contribution >= 0.6 is 23.2 Å². The van der Waals surface area contributed by atoms with Crippen LogP contribution in [0.1, 0.15) is 30.4 Å². The van der Waals surface area contributed by atoms with Crippen molar-refractivity contribution in [3.05, 3.63) is 69.3 Å². The van der Waals surface area contributed by atoms with Crippen LogP contribution in [0.15, 0.2) is 36.5 Å². The van der Waals surface area contributed by atoms with E-state index < -0.39 is 11.6 Å². The smallest absolute Gasteiger partial charge is 0.225 e. The van der Waals surface area contributed by atoms with E-state index in [4.69, 9.17) is 33.2 Å². The quantitative estimate of drug-likeness (QED) is 0.231. The van der Waals surface area contributed by atoms with Crippen molar-refractivity contribution in [1.82, 2.24) is 29.7 Å². The molecule has 1 aliphatic rings. The number of nitrogens with zero attached hydrogens (tertiary/aromatic N) is 5. The van der Waals surface area contributed by atoms with Gasteiger partial charge in [-0.05, 0) is 101 Å². The Kier molecular flexibility index (Phi) is 9.15. The summed E-state index contributed by atoms with van der Waals surface area (Å²) in [5.41, 5.74) is 3.63. The molecule has 3 heterocycles. The van der Waals surface area contributed by atoms with E-state index >= 15 is 0 Å². The number of imidazole rings is 1. The second-order valence-corrected chi connectivity index (χ2v) is 11.4. The molecule has 0 radical (unpaired) electrons. The SMILES string of the molecule is CN(C)CCCc1cc(Cl)c(-c2nc3cnc(NCc4ccc(F)c(F)c4)nc3n2C[C@@H]2CCCNC2)c(Cl)c1. The van der Waals surface area contributed by atoms with Crippen molar-refractivity contribution >= 4 is 40.3 Å². The predicted octanol–water partition coefficient (Wildman–Crippen LogP) is 6.18. The summed E-state index contributed by atoms with van der Waals surface area (Å²) in [5, 5.41) is 7.70. The standard InChI is InChI=1S/C29H33Cl2F2N7/c1-39(2)10-4-6-18-11-21(30)26(22(31)12-18)28-37-25-16-36-29(35-15-19-7-8-23(32)24(33)13-19)38-27(25)40(28)17-20-5-3-9-34-14-20/h7-8,11-13,16,20,34H,3-6,9-10,14-15,17H2,1-2H3,(H,35,36,38)/t20-/m1/s1. The van der Waals surface area contributed by atoms with Gasteiger partial charge in [-0.2, -0.15) is 4.98 Å². The van der Waals surface area contributed by atoms with E-state index in [0.29, 0.717) is 56.6 Å². The molecule has 11 heteroatoms. The fourth-order valence-electron chi connectivity index (χ4n) is 5.12. The zero-order valence-electron chi connectivity index (χ0n) is 22.7. The van der Waals surface area contributed by atoms with Gasteiger partial charge in [-0.1, -0.05) is 29.3 Å². The summed E-state index contributed by atoms with van der Waals surface area (Å²) in [5.74, 6) is -0.366. The minimum absolute atomic E-state index is 0.239. The van der Waals surface area contributed by atoms with E-state index in [-0.39, 0.29) is 6.54 Å². The molecule has 5 rings (SSSR count). The number of hydrogen-bond acceptors (Lipinski definition) is 6. The van der Waals surface area contributed by atoms with Gasteiger partial charge in [-0.15, -0.1) is 0 Å². The van der Waals surface area contributed by atoms with Crippen molar-refractivity contribution in [3.8, 4) is 11.4 Å². The molecule has 0 bridgehead atoms. The average molecular weight is 589 g/mol. The summed E-state index contributed by atoms with van der Waals surface area (Å²) in [6.07, 6.45) is 5.73. The molecule has 2 aromatic carbocycles. The molecule has 212 valence electrons. The molecule has 0 amide bonds. The lowest BCUT2D eigenvalue weighted by Gasteiger charge is -2.24. The first-order valence-corrected chi connectivity index (χ1v) is 14.3. The topological polar surface area (TPSA) is 70.9 Å². The molecule has 1 atom stereocenters. The third-order valence-electron chi connectivity index (χ3n) is 7.16. The van der Waals surface area contributed by atoms with E-state index in [0.717, 1.165) is 63.0 Å². The van der Waals surface area contributed by atoms with Crippen LogP contribution < -0.4 is 10.6 Å². The second-order valence-electron chi connectivity index (χ2n) is 10.6. The molecular weight excluding hydrogens is 555 g/mol. The maximum Gasteiger partial charge on any atom is 0.225 e. The van der Waals surface area contributed by atoms with Crippen molar-refractivity contribution in [1.29, 1.82) is 0 Å². The van der Waals surface area contributed by atoms with Gasteiger partial charge in [-0.25, -0.2) is 18.7 Å². The van der Waals surface area contributed by atoms with Crippen LogP contribution in [0.2, 0.25) is 10.0 Å². The second kappa shape index (κ2) is 12.8. The van der Waals surface area contributed by atoms with E-state index in [2.05, 4.69) is 39.2 Å². The van der Waals surface area contributed by atoms with E-state index in [1.54, 1.807) is 6.20 Å². The molecule has 1 saturated heterocycles. The third-order valence-corrected chi connectivity index (χ3v) is 7.75. The number of aryl methyl sites for hydroxylation is 1. The fraction of sp³-hybridized carbons (Fsp3) is 0.414. The van der Waals surface area contributed by atoms with Gasteiger partial charge in [0.05, 0.1) is 21.8 Å². The van der Waals surface area contributed by atoms with Gasteiger partial charge in [-0.3, -0.25) is 0 Å². The summed E-state index contributed by atoms with van der Waals surface area (Å²) < 4.78 is 29.1. The molecule has 1 aliphatic heterocycles. The minimum atomic E-state index is -0.892. The molecule has 0 unspecified atom stereocenters. The van der Waals surface area contributed by atoms with Gasteiger partial charge < -0.3 is 20.1 Å². The first-order chi connectivity index (χ1) is 19.3. The number of piperidine rings is 1. The number of rotatable bonds is 10. The highest BCUT2D eigenvalue weighted by molar-refractivity contribution is 6.39. The zero-order valence-corrected chi connectivity index (χ0v) is 24.2. The van der Waals surface area contributed by atoms with Gasteiger partial charge >= 0.3 is 0 Å². The predicted molar refractivity (Wildman–Crippen MR) is 157 cm³/mol. The average Bonchev–Trinajstić information content (AvgIpc) is 3.26.